The van der Waals surface area contributed by atoms with Gasteiger partial charge in [-0.15, -0.1) is 11.3 Å². The summed E-state index contributed by atoms with van der Waals surface area (Å²) in [6, 6.07) is 3.39. The summed E-state index contributed by atoms with van der Waals surface area (Å²) in [6.07, 6.45) is 1.60. The smallest absolute Gasteiger partial charge is 0.251 e. The standard InChI is InChI=1S/C13H16N4OS/c1-8-12(19-9(2)17-8)7-16-13(18)10-3-4-15-11(5-10)6-14/h3-5H,6-7,14H2,1-2H3,(H,16,18). The van der Waals surface area contributed by atoms with Crippen LogP contribution in [0.3, 0.4) is 0 Å². The van der Waals surface area contributed by atoms with Crippen LogP contribution >= 0.6 is 11.3 Å². The molecule has 3 N–H and O–H groups in total. The second-order valence-corrected chi connectivity index (χ2v) is 5.45. The van der Waals surface area contributed by atoms with E-state index < -0.39 is 0 Å². The van der Waals surface area contributed by atoms with Crippen LogP contribution in [0.1, 0.15) is 31.6 Å². The van der Waals surface area contributed by atoms with Gasteiger partial charge in [-0.05, 0) is 26.0 Å². The van der Waals surface area contributed by atoms with Crippen molar-refractivity contribution in [2.45, 2.75) is 26.9 Å². The molecule has 0 aliphatic carbocycles. The summed E-state index contributed by atoms with van der Waals surface area (Å²) in [5.41, 5.74) is 7.76. The zero-order chi connectivity index (χ0) is 13.8. The second-order valence-electron chi connectivity index (χ2n) is 4.16. The number of nitrogens with zero attached hydrogens (tertiary/aromatic N) is 2. The highest BCUT2D eigenvalue weighted by Gasteiger charge is 2.09. The first kappa shape index (κ1) is 13.6. The van der Waals surface area contributed by atoms with Gasteiger partial charge in [-0.2, -0.15) is 0 Å². The summed E-state index contributed by atoms with van der Waals surface area (Å²) in [5, 5.41) is 3.89. The van der Waals surface area contributed by atoms with Gasteiger partial charge in [0, 0.05) is 23.2 Å². The first-order chi connectivity index (χ1) is 9.10. The Morgan fingerprint density at radius 3 is 2.89 bits per heavy atom. The quantitative estimate of drug-likeness (QED) is 0.887. The number of thiazole rings is 1. The minimum atomic E-state index is -0.123. The number of carbonyl (C=O) groups excluding carboxylic acids is 1. The minimum absolute atomic E-state index is 0.123. The van der Waals surface area contributed by atoms with Crippen LogP contribution in [-0.2, 0) is 13.1 Å². The lowest BCUT2D eigenvalue weighted by Crippen LogP contribution is -2.23. The largest absolute Gasteiger partial charge is 0.347 e. The third-order valence-electron chi connectivity index (χ3n) is 2.70. The lowest BCUT2D eigenvalue weighted by atomic mass is 10.2. The average Bonchev–Trinajstić information content (AvgIpc) is 2.74. The van der Waals surface area contributed by atoms with Crippen molar-refractivity contribution in [3.63, 3.8) is 0 Å². The second kappa shape index (κ2) is 5.90. The lowest BCUT2D eigenvalue weighted by Gasteiger charge is -2.05. The van der Waals surface area contributed by atoms with Gasteiger partial charge in [-0.25, -0.2) is 4.98 Å². The predicted octanol–water partition coefficient (Wildman–Crippen LogP) is 1.54. The van der Waals surface area contributed by atoms with E-state index in [-0.39, 0.29) is 5.91 Å². The molecule has 0 atom stereocenters. The molecule has 2 aromatic heterocycles. The zero-order valence-corrected chi connectivity index (χ0v) is 11.8. The summed E-state index contributed by atoms with van der Waals surface area (Å²) < 4.78 is 0. The molecule has 5 nitrogen and oxygen atoms in total. The van der Waals surface area contributed by atoms with Crippen LogP contribution in [0.15, 0.2) is 18.3 Å². The first-order valence-electron chi connectivity index (χ1n) is 5.96. The molecule has 0 radical (unpaired) electrons. The monoisotopic (exact) mass is 276 g/mol. The first-order valence-corrected chi connectivity index (χ1v) is 6.78. The highest BCUT2D eigenvalue weighted by molar-refractivity contribution is 7.11. The van der Waals surface area contributed by atoms with Crippen molar-refractivity contribution in [1.82, 2.24) is 15.3 Å². The Hall–Kier alpha value is -1.79. The van der Waals surface area contributed by atoms with Gasteiger partial charge in [0.25, 0.3) is 5.91 Å². The fourth-order valence-electron chi connectivity index (χ4n) is 1.73. The number of pyridine rings is 1. The van der Waals surface area contributed by atoms with Gasteiger partial charge in [-0.3, -0.25) is 9.78 Å². The Morgan fingerprint density at radius 2 is 2.26 bits per heavy atom. The number of aryl methyl sites for hydroxylation is 2. The molecule has 0 saturated heterocycles. The van der Waals surface area contributed by atoms with Crippen LogP contribution in [-0.4, -0.2) is 15.9 Å². The number of nitrogens with two attached hydrogens (primary N) is 1. The minimum Gasteiger partial charge on any atom is -0.347 e. The van der Waals surface area contributed by atoms with Crippen molar-refractivity contribution < 1.29 is 4.79 Å². The molecule has 0 aromatic carbocycles. The SMILES string of the molecule is Cc1nc(C)c(CNC(=O)c2ccnc(CN)c2)s1. The fraction of sp³-hybridized carbons (Fsp3) is 0.308. The summed E-state index contributed by atoms with van der Waals surface area (Å²) in [7, 11) is 0. The van der Waals surface area contributed by atoms with Crippen molar-refractivity contribution in [3.05, 3.63) is 45.2 Å². The van der Waals surface area contributed by atoms with Crippen LogP contribution in [0, 0.1) is 13.8 Å². The van der Waals surface area contributed by atoms with E-state index in [9.17, 15) is 4.79 Å². The van der Waals surface area contributed by atoms with Crippen LogP contribution in [0.25, 0.3) is 0 Å². The Morgan fingerprint density at radius 1 is 1.47 bits per heavy atom. The van der Waals surface area contributed by atoms with Gasteiger partial charge in [0.1, 0.15) is 0 Å². The van der Waals surface area contributed by atoms with E-state index in [1.807, 2.05) is 13.8 Å². The Balaban J connectivity index is 2.03. The van der Waals surface area contributed by atoms with Gasteiger partial charge in [0.2, 0.25) is 0 Å². The molecule has 100 valence electrons. The van der Waals surface area contributed by atoms with Gasteiger partial charge < -0.3 is 11.1 Å². The molecule has 0 fully saturated rings. The van der Waals surface area contributed by atoms with E-state index in [2.05, 4.69) is 15.3 Å². The molecular formula is C13H16N4OS. The summed E-state index contributed by atoms with van der Waals surface area (Å²) >= 11 is 1.60. The van der Waals surface area contributed by atoms with E-state index >= 15 is 0 Å². The molecule has 0 spiro atoms. The van der Waals surface area contributed by atoms with Gasteiger partial charge in [0.05, 0.1) is 22.9 Å². The van der Waals surface area contributed by atoms with E-state index in [0.29, 0.717) is 24.3 Å². The molecule has 19 heavy (non-hydrogen) atoms. The molecule has 2 aromatic rings. The molecule has 0 saturated carbocycles. The summed E-state index contributed by atoms with van der Waals surface area (Å²) in [5.74, 6) is -0.123. The lowest BCUT2D eigenvalue weighted by molar-refractivity contribution is 0.0951. The van der Waals surface area contributed by atoms with Gasteiger partial charge in [-0.1, -0.05) is 0 Å². The number of hydrogen-bond acceptors (Lipinski definition) is 5. The van der Waals surface area contributed by atoms with Gasteiger partial charge >= 0.3 is 0 Å². The van der Waals surface area contributed by atoms with E-state index in [1.54, 1.807) is 29.7 Å². The number of rotatable bonds is 4. The Kier molecular flexibility index (Phi) is 4.24. The van der Waals surface area contributed by atoms with E-state index in [4.69, 9.17) is 5.73 Å². The Labute approximate surface area is 115 Å². The maximum atomic E-state index is 12.0. The van der Waals surface area contributed by atoms with Crippen molar-refractivity contribution in [2.75, 3.05) is 0 Å². The van der Waals surface area contributed by atoms with Crippen molar-refractivity contribution >= 4 is 17.2 Å². The van der Waals surface area contributed by atoms with Crippen molar-refractivity contribution in [2.24, 2.45) is 5.73 Å². The number of hydrogen-bond donors (Lipinski definition) is 2. The molecule has 2 heterocycles. The van der Waals surface area contributed by atoms with Crippen LogP contribution in [0.2, 0.25) is 0 Å². The van der Waals surface area contributed by atoms with Crippen molar-refractivity contribution in [1.29, 1.82) is 0 Å². The summed E-state index contributed by atoms with van der Waals surface area (Å²) in [6.45, 7) is 4.73. The number of nitrogens with one attached hydrogen (secondary N) is 1. The number of amides is 1. The molecule has 0 unspecified atom stereocenters. The highest BCUT2D eigenvalue weighted by atomic mass is 32.1. The average molecular weight is 276 g/mol. The maximum Gasteiger partial charge on any atom is 0.251 e. The Bertz CT molecular complexity index is 594. The molecule has 0 aliphatic heterocycles. The van der Waals surface area contributed by atoms with Gasteiger partial charge in [0.15, 0.2) is 0 Å². The van der Waals surface area contributed by atoms with Crippen LogP contribution in [0.5, 0.6) is 0 Å². The molecule has 6 heteroatoms. The third kappa shape index (κ3) is 3.36. The highest BCUT2D eigenvalue weighted by Crippen LogP contribution is 2.16. The van der Waals surface area contributed by atoms with Crippen LogP contribution in [0.4, 0.5) is 0 Å². The molecule has 1 amide bonds. The number of aromatic nitrogens is 2. The summed E-state index contributed by atoms with van der Waals surface area (Å²) in [4.78, 5) is 21.5. The van der Waals surface area contributed by atoms with Crippen LogP contribution < -0.4 is 11.1 Å². The molecule has 0 bridgehead atoms. The normalized spacial score (nSPS) is 10.5. The van der Waals surface area contributed by atoms with Crippen molar-refractivity contribution in [3.8, 4) is 0 Å². The molecular weight excluding hydrogens is 260 g/mol. The molecule has 2 rings (SSSR count). The van der Waals surface area contributed by atoms with E-state index in [0.717, 1.165) is 15.6 Å². The number of carbonyl (C=O) groups is 1. The fourth-order valence-corrected chi connectivity index (χ4v) is 2.61. The predicted molar refractivity (Wildman–Crippen MR) is 74.9 cm³/mol. The maximum absolute atomic E-state index is 12.0. The topological polar surface area (TPSA) is 80.9 Å². The zero-order valence-electron chi connectivity index (χ0n) is 10.9. The third-order valence-corrected chi connectivity index (χ3v) is 3.77. The molecule has 0 aliphatic rings. The van der Waals surface area contributed by atoms with E-state index in [1.165, 1.54) is 0 Å².